The van der Waals surface area contributed by atoms with Crippen molar-refractivity contribution in [2.75, 3.05) is 12.6 Å². The second kappa shape index (κ2) is 7.72. The molecular weight excluding hydrogens is 233 g/mol. The highest BCUT2D eigenvalue weighted by atomic mass is 32.2. The molecule has 0 saturated heterocycles. The number of aryl methyl sites for hydroxylation is 1. The first-order valence-electron chi connectivity index (χ1n) is 6.20. The van der Waals surface area contributed by atoms with Crippen molar-refractivity contribution in [2.24, 2.45) is 5.73 Å². The number of rotatable bonds is 7. The van der Waals surface area contributed by atoms with Crippen LogP contribution in [-0.2, 0) is 6.42 Å². The molecule has 0 saturated carbocycles. The van der Waals surface area contributed by atoms with Gasteiger partial charge in [-0.3, -0.25) is 0 Å². The van der Waals surface area contributed by atoms with Gasteiger partial charge in [-0.1, -0.05) is 31.7 Å². The maximum atomic E-state index is 12.4. The Morgan fingerprint density at radius 3 is 2.59 bits per heavy atom. The number of alkyl halides is 1. The summed E-state index contributed by atoms with van der Waals surface area (Å²) in [4.78, 5) is 1.04. The van der Waals surface area contributed by atoms with E-state index in [1.165, 1.54) is 22.9 Å². The lowest BCUT2D eigenvalue weighted by molar-refractivity contribution is 0.605. The van der Waals surface area contributed by atoms with Gasteiger partial charge in [0.1, 0.15) is 6.01 Å². The van der Waals surface area contributed by atoms with Gasteiger partial charge in [0, 0.05) is 4.90 Å². The van der Waals surface area contributed by atoms with Gasteiger partial charge in [-0.25, -0.2) is 4.39 Å². The van der Waals surface area contributed by atoms with Crippen molar-refractivity contribution in [3.8, 4) is 0 Å². The van der Waals surface area contributed by atoms with E-state index >= 15 is 0 Å². The van der Waals surface area contributed by atoms with Crippen LogP contribution in [0.1, 0.15) is 43.7 Å². The number of nitrogens with two attached hydrogens (primary N) is 1. The molecule has 1 nitrogen and oxygen atoms in total. The number of thioether (sulfide) groups is 1. The fourth-order valence-electron chi connectivity index (χ4n) is 1.78. The molecule has 0 spiro atoms. The molecule has 96 valence electrons. The molecule has 3 heteroatoms. The lowest BCUT2D eigenvalue weighted by Gasteiger charge is -2.11. The molecule has 0 atom stereocenters. The Hall–Kier alpha value is -0.540. The standard InChI is InChI=1S/C14H22FNS/c1-11(2)13-7-12(5-3-4-6-16)8-14(9-13)17-10-15/h7-9,11H,3-6,10,16H2,1-2H3. The van der Waals surface area contributed by atoms with Crippen LogP contribution < -0.4 is 5.73 Å². The molecular formula is C14H22FNS. The van der Waals surface area contributed by atoms with Crippen LogP contribution in [0.4, 0.5) is 4.39 Å². The van der Waals surface area contributed by atoms with E-state index in [2.05, 4.69) is 32.0 Å². The van der Waals surface area contributed by atoms with Gasteiger partial charge in [0.05, 0.1) is 0 Å². The largest absolute Gasteiger partial charge is 0.330 e. The smallest absolute Gasteiger partial charge is 0.139 e. The van der Waals surface area contributed by atoms with Gasteiger partial charge in [-0.15, -0.1) is 0 Å². The molecule has 1 rings (SSSR count). The zero-order chi connectivity index (χ0) is 12.7. The maximum absolute atomic E-state index is 12.4. The van der Waals surface area contributed by atoms with E-state index in [4.69, 9.17) is 5.73 Å². The predicted molar refractivity (Wildman–Crippen MR) is 74.4 cm³/mol. The van der Waals surface area contributed by atoms with Gasteiger partial charge < -0.3 is 5.73 Å². The summed E-state index contributed by atoms with van der Waals surface area (Å²) in [6, 6.07) is 6.08. The summed E-state index contributed by atoms with van der Waals surface area (Å²) in [6.45, 7) is 5.09. The number of hydrogen-bond donors (Lipinski definition) is 1. The zero-order valence-corrected chi connectivity index (χ0v) is 11.5. The Bertz CT molecular complexity index is 339. The number of hydrogen-bond acceptors (Lipinski definition) is 2. The van der Waals surface area contributed by atoms with Crippen molar-refractivity contribution in [1.29, 1.82) is 0 Å². The lowest BCUT2D eigenvalue weighted by atomic mass is 9.98. The van der Waals surface area contributed by atoms with Gasteiger partial charge in [0.2, 0.25) is 0 Å². The van der Waals surface area contributed by atoms with Crippen molar-refractivity contribution in [1.82, 2.24) is 0 Å². The summed E-state index contributed by atoms with van der Waals surface area (Å²) >= 11 is 1.27. The van der Waals surface area contributed by atoms with Gasteiger partial charge >= 0.3 is 0 Å². The Balaban J connectivity index is 2.79. The van der Waals surface area contributed by atoms with Crippen LogP contribution in [0.5, 0.6) is 0 Å². The Morgan fingerprint density at radius 2 is 2.00 bits per heavy atom. The van der Waals surface area contributed by atoms with Crippen molar-refractivity contribution >= 4 is 11.8 Å². The van der Waals surface area contributed by atoms with Crippen LogP contribution in [0.2, 0.25) is 0 Å². The molecule has 0 fully saturated rings. The highest BCUT2D eigenvalue weighted by molar-refractivity contribution is 7.99. The Labute approximate surface area is 108 Å². The van der Waals surface area contributed by atoms with E-state index in [-0.39, 0.29) is 6.01 Å². The average molecular weight is 255 g/mol. The molecule has 17 heavy (non-hydrogen) atoms. The van der Waals surface area contributed by atoms with Crippen LogP contribution in [0.15, 0.2) is 23.1 Å². The molecule has 0 aliphatic rings. The summed E-state index contributed by atoms with van der Waals surface area (Å²) in [5.41, 5.74) is 8.10. The third kappa shape index (κ3) is 5.09. The molecule has 0 radical (unpaired) electrons. The van der Waals surface area contributed by atoms with Gasteiger partial charge in [-0.05, 0) is 55.0 Å². The molecule has 0 aliphatic carbocycles. The second-order valence-corrected chi connectivity index (χ2v) is 5.54. The van der Waals surface area contributed by atoms with E-state index in [1.807, 2.05) is 0 Å². The van der Waals surface area contributed by atoms with E-state index in [1.54, 1.807) is 0 Å². The van der Waals surface area contributed by atoms with E-state index in [0.717, 1.165) is 30.7 Å². The van der Waals surface area contributed by atoms with Crippen LogP contribution in [-0.4, -0.2) is 12.6 Å². The van der Waals surface area contributed by atoms with Crippen molar-refractivity contribution in [3.63, 3.8) is 0 Å². The van der Waals surface area contributed by atoms with E-state index in [9.17, 15) is 4.39 Å². The van der Waals surface area contributed by atoms with E-state index < -0.39 is 0 Å². The molecule has 1 aromatic rings. The topological polar surface area (TPSA) is 26.0 Å². The monoisotopic (exact) mass is 255 g/mol. The van der Waals surface area contributed by atoms with Crippen LogP contribution in [0.3, 0.4) is 0 Å². The summed E-state index contributed by atoms with van der Waals surface area (Å²) in [7, 11) is 0. The van der Waals surface area contributed by atoms with Crippen molar-refractivity contribution in [3.05, 3.63) is 29.3 Å². The van der Waals surface area contributed by atoms with Gasteiger partial charge in [0.25, 0.3) is 0 Å². The normalized spacial score (nSPS) is 11.1. The molecule has 0 aromatic heterocycles. The summed E-state index contributed by atoms with van der Waals surface area (Å²) in [5, 5.41) is 0. The molecule has 0 heterocycles. The van der Waals surface area contributed by atoms with E-state index in [0.29, 0.717) is 5.92 Å². The highest BCUT2D eigenvalue weighted by Crippen LogP contribution is 2.26. The zero-order valence-electron chi connectivity index (χ0n) is 10.7. The minimum atomic E-state index is -0.357. The molecule has 0 aliphatic heterocycles. The summed E-state index contributed by atoms with van der Waals surface area (Å²) in [5.74, 6) is 0.489. The molecule has 0 amide bonds. The Morgan fingerprint density at radius 1 is 1.24 bits per heavy atom. The number of unbranched alkanes of at least 4 members (excludes halogenated alkanes) is 1. The third-order valence-corrected chi connectivity index (χ3v) is 3.47. The molecule has 2 N–H and O–H groups in total. The fraction of sp³-hybridized carbons (Fsp3) is 0.571. The predicted octanol–water partition coefficient (Wildman–Crippen LogP) is 4.11. The Kier molecular flexibility index (Phi) is 6.60. The first kappa shape index (κ1) is 14.5. The first-order chi connectivity index (χ1) is 8.17. The minimum Gasteiger partial charge on any atom is -0.330 e. The molecule has 0 unspecified atom stereocenters. The maximum Gasteiger partial charge on any atom is 0.139 e. The lowest BCUT2D eigenvalue weighted by Crippen LogP contribution is -1.99. The van der Waals surface area contributed by atoms with Crippen molar-refractivity contribution < 1.29 is 4.39 Å². The molecule has 1 aromatic carbocycles. The summed E-state index contributed by atoms with van der Waals surface area (Å²) < 4.78 is 12.4. The van der Waals surface area contributed by atoms with Crippen LogP contribution in [0.25, 0.3) is 0 Å². The van der Waals surface area contributed by atoms with Gasteiger partial charge in [-0.2, -0.15) is 0 Å². The first-order valence-corrected chi connectivity index (χ1v) is 7.18. The van der Waals surface area contributed by atoms with Gasteiger partial charge in [0.15, 0.2) is 0 Å². The molecule has 0 bridgehead atoms. The summed E-state index contributed by atoms with van der Waals surface area (Å²) in [6.07, 6.45) is 3.20. The highest BCUT2D eigenvalue weighted by Gasteiger charge is 2.05. The average Bonchev–Trinajstić information content (AvgIpc) is 2.29. The fourth-order valence-corrected chi connectivity index (χ4v) is 2.36. The van der Waals surface area contributed by atoms with Crippen LogP contribution in [0, 0.1) is 0 Å². The quantitative estimate of drug-likeness (QED) is 0.586. The third-order valence-electron chi connectivity index (χ3n) is 2.80. The number of halogens is 1. The van der Waals surface area contributed by atoms with Crippen molar-refractivity contribution in [2.45, 2.75) is 43.9 Å². The SMILES string of the molecule is CC(C)c1cc(CCCCN)cc(SCF)c1. The number of benzene rings is 1. The van der Waals surface area contributed by atoms with Crippen LogP contribution >= 0.6 is 11.8 Å². The second-order valence-electron chi connectivity index (χ2n) is 4.56. The minimum absolute atomic E-state index is 0.357.